The zero-order valence-corrected chi connectivity index (χ0v) is 7.31. The number of hydrogen-bond donors (Lipinski definition) is 1. The largest absolute Gasteiger partial charge is 0.245 e. The molecule has 0 unspecified atom stereocenters. The smallest absolute Gasteiger partial charge is 0.141 e. The summed E-state index contributed by atoms with van der Waals surface area (Å²) in [6.07, 6.45) is 1.88. The van der Waals surface area contributed by atoms with E-state index in [4.69, 9.17) is 0 Å². The molecule has 0 aliphatic rings. The summed E-state index contributed by atoms with van der Waals surface area (Å²) in [5, 5.41) is 0. The molecule has 0 fully saturated rings. The van der Waals surface area contributed by atoms with E-state index in [-0.39, 0.29) is 5.82 Å². The van der Waals surface area contributed by atoms with Crippen molar-refractivity contribution in [1.29, 1.82) is 0 Å². The monoisotopic (exact) mass is 181 g/mol. The topological polar surface area (TPSA) is 12.9 Å². The van der Waals surface area contributed by atoms with E-state index in [0.717, 1.165) is 18.4 Å². The molecule has 0 radical (unpaired) electrons. The lowest BCUT2D eigenvalue weighted by molar-refractivity contribution is 0.621. The molecule has 1 aromatic heterocycles. The molecule has 0 bridgehead atoms. The van der Waals surface area contributed by atoms with Crippen molar-refractivity contribution < 1.29 is 4.39 Å². The second-order valence-electron chi connectivity index (χ2n) is 2.14. The molecular weight excluding hydrogens is 173 g/mol. The van der Waals surface area contributed by atoms with Gasteiger partial charge in [0.15, 0.2) is 0 Å². The van der Waals surface area contributed by atoms with Crippen LogP contribution in [0.4, 0.5) is 4.39 Å². The molecule has 0 aliphatic carbocycles. The fraction of sp³-hybridized carbons (Fsp3) is 0.222. The van der Waals surface area contributed by atoms with Gasteiger partial charge in [0.2, 0.25) is 0 Å². The molecule has 0 amide bonds. The van der Waals surface area contributed by atoms with Crippen LogP contribution < -0.4 is 0 Å². The van der Waals surface area contributed by atoms with Gasteiger partial charge in [-0.25, -0.2) is 9.37 Å². The van der Waals surface area contributed by atoms with Gasteiger partial charge in [-0.1, -0.05) is 5.92 Å². The second-order valence-corrected chi connectivity index (χ2v) is 2.58. The van der Waals surface area contributed by atoms with Crippen molar-refractivity contribution >= 4 is 12.6 Å². The first-order valence-electron chi connectivity index (χ1n) is 3.54. The summed E-state index contributed by atoms with van der Waals surface area (Å²) in [4.78, 5) is 3.78. The Hall–Kier alpha value is -1.01. The Bertz CT molecular complexity index is 297. The first-order chi connectivity index (χ1) is 5.83. The van der Waals surface area contributed by atoms with Gasteiger partial charge in [-0.3, -0.25) is 0 Å². The van der Waals surface area contributed by atoms with Crippen LogP contribution in [0.3, 0.4) is 0 Å². The van der Waals surface area contributed by atoms with Crippen molar-refractivity contribution in [3.63, 3.8) is 0 Å². The minimum Gasteiger partial charge on any atom is -0.245 e. The van der Waals surface area contributed by atoms with E-state index < -0.39 is 0 Å². The Labute approximate surface area is 76.4 Å². The van der Waals surface area contributed by atoms with E-state index in [1.807, 2.05) is 0 Å². The Balaban J connectivity index is 2.66. The number of pyridine rings is 1. The van der Waals surface area contributed by atoms with Crippen molar-refractivity contribution in [1.82, 2.24) is 4.98 Å². The summed E-state index contributed by atoms with van der Waals surface area (Å²) < 4.78 is 12.4. The summed E-state index contributed by atoms with van der Waals surface area (Å²) in [5.41, 5.74) is 0.596. The van der Waals surface area contributed by atoms with E-state index in [1.165, 1.54) is 6.07 Å². The number of thiol groups is 1. The van der Waals surface area contributed by atoms with Crippen LogP contribution in [0, 0.1) is 17.7 Å². The minimum absolute atomic E-state index is 0.338. The van der Waals surface area contributed by atoms with E-state index in [0.29, 0.717) is 5.69 Å². The molecule has 0 saturated heterocycles. The highest BCUT2D eigenvalue weighted by atomic mass is 32.1. The SMILES string of the molecule is Fc1ccc(C#CCCS)nc1. The third kappa shape index (κ3) is 2.93. The van der Waals surface area contributed by atoms with Crippen LogP contribution in [0.5, 0.6) is 0 Å². The normalized spacial score (nSPS) is 8.83. The lowest BCUT2D eigenvalue weighted by Gasteiger charge is -1.87. The molecule has 1 nitrogen and oxygen atoms in total. The summed E-state index contributed by atoms with van der Waals surface area (Å²) >= 11 is 4.00. The summed E-state index contributed by atoms with van der Waals surface area (Å²) in [5.74, 6) is 6.05. The maximum Gasteiger partial charge on any atom is 0.141 e. The van der Waals surface area contributed by atoms with Gasteiger partial charge in [-0.05, 0) is 18.1 Å². The number of halogens is 1. The van der Waals surface area contributed by atoms with E-state index in [9.17, 15) is 4.39 Å². The molecule has 0 aromatic carbocycles. The molecule has 1 heterocycles. The van der Waals surface area contributed by atoms with Crippen molar-refractivity contribution in [2.45, 2.75) is 6.42 Å². The Morgan fingerprint density at radius 1 is 1.50 bits per heavy atom. The van der Waals surface area contributed by atoms with Gasteiger partial charge in [-0.15, -0.1) is 0 Å². The van der Waals surface area contributed by atoms with E-state index in [2.05, 4.69) is 29.5 Å². The molecule has 0 aliphatic heterocycles. The summed E-state index contributed by atoms with van der Waals surface area (Å²) in [6, 6.07) is 2.90. The Kier molecular flexibility index (Phi) is 3.62. The molecule has 0 saturated carbocycles. The molecule has 12 heavy (non-hydrogen) atoms. The van der Waals surface area contributed by atoms with Crippen molar-refractivity contribution in [3.8, 4) is 11.8 Å². The maximum absolute atomic E-state index is 12.4. The number of aromatic nitrogens is 1. The van der Waals surface area contributed by atoms with Crippen LogP contribution in [0.2, 0.25) is 0 Å². The standard InChI is InChI=1S/C9H8FNS/c10-8-4-5-9(11-7-8)3-1-2-6-12/h4-5,7,12H,2,6H2. The molecule has 0 spiro atoms. The fourth-order valence-electron chi connectivity index (χ4n) is 0.659. The molecule has 62 valence electrons. The number of hydrogen-bond acceptors (Lipinski definition) is 2. The van der Waals surface area contributed by atoms with Gasteiger partial charge < -0.3 is 0 Å². The van der Waals surface area contributed by atoms with E-state index >= 15 is 0 Å². The van der Waals surface area contributed by atoms with Crippen LogP contribution in [-0.2, 0) is 0 Å². The van der Waals surface area contributed by atoms with Crippen molar-refractivity contribution in [3.05, 3.63) is 29.8 Å². The molecule has 1 aromatic rings. The molecule has 0 N–H and O–H groups in total. The zero-order valence-electron chi connectivity index (χ0n) is 6.42. The van der Waals surface area contributed by atoms with Gasteiger partial charge in [0.1, 0.15) is 11.5 Å². The van der Waals surface area contributed by atoms with Crippen LogP contribution in [0.25, 0.3) is 0 Å². The predicted molar refractivity (Wildman–Crippen MR) is 49.5 cm³/mol. The fourth-order valence-corrected chi connectivity index (χ4v) is 0.771. The van der Waals surface area contributed by atoms with Crippen LogP contribution in [0.15, 0.2) is 18.3 Å². The van der Waals surface area contributed by atoms with Gasteiger partial charge in [0.05, 0.1) is 6.20 Å². The highest BCUT2D eigenvalue weighted by Crippen LogP contribution is 1.95. The van der Waals surface area contributed by atoms with Gasteiger partial charge in [-0.2, -0.15) is 12.6 Å². The van der Waals surface area contributed by atoms with Crippen molar-refractivity contribution in [2.24, 2.45) is 0 Å². The first kappa shape index (κ1) is 9.08. The molecular formula is C9H8FNS. The summed E-state index contributed by atoms with van der Waals surface area (Å²) in [6.45, 7) is 0. The second kappa shape index (κ2) is 4.78. The highest BCUT2D eigenvalue weighted by Gasteiger charge is 1.88. The number of rotatable bonds is 1. The predicted octanol–water partition coefficient (Wildman–Crippen LogP) is 1.89. The molecule has 0 atom stereocenters. The maximum atomic E-state index is 12.4. The Morgan fingerprint density at radius 3 is 2.92 bits per heavy atom. The quantitative estimate of drug-likeness (QED) is 0.515. The number of nitrogens with zero attached hydrogens (tertiary/aromatic N) is 1. The minimum atomic E-state index is -0.338. The van der Waals surface area contributed by atoms with Gasteiger partial charge in [0, 0.05) is 12.2 Å². The summed E-state index contributed by atoms with van der Waals surface area (Å²) in [7, 11) is 0. The first-order valence-corrected chi connectivity index (χ1v) is 4.17. The third-order valence-corrected chi connectivity index (χ3v) is 1.40. The van der Waals surface area contributed by atoms with Crippen LogP contribution in [0.1, 0.15) is 12.1 Å². The van der Waals surface area contributed by atoms with Crippen LogP contribution in [-0.4, -0.2) is 10.7 Å². The Morgan fingerprint density at radius 2 is 2.33 bits per heavy atom. The van der Waals surface area contributed by atoms with Crippen LogP contribution >= 0.6 is 12.6 Å². The van der Waals surface area contributed by atoms with Gasteiger partial charge in [0.25, 0.3) is 0 Å². The average molecular weight is 181 g/mol. The highest BCUT2D eigenvalue weighted by molar-refractivity contribution is 7.80. The third-order valence-electron chi connectivity index (χ3n) is 1.18. The van der Waals surface area contributed by atoms with E-state index in [1.54, 1.807) is 6.07 Å². The zero-order chi connectivity index (χ0) is 8.81. The molecule has 1 rings (SSSR count). The van der Waals surface area contributed by atoms with Crippen molar-refractivity contribution in [2.75, 3.05) is 5.75 Å². The lowest BCUT2D eigenvalue weighted by Crippen LogP contribution is -1.82. The lowest BCUT2D eigenvalue weighted by atomic mass is 10.3. The average Bonchev–Trinajstić information content (AvgIpc) is 2.09. The molecule has 3 heteroatoms. The van der Waals surface area contributed by atoms with Gasteiger partial charge >= 0.3 is 0 Å².